The van der Waals surface area contributed by atoms with Crippen molar-refractivity contribution in [1.29, 1.82) is 0 Å². The maximum absolute atomic E-state index is 11.0. The Kier molecular flexibility index (Phi) is 4.35. The molecule has 1 saturated heterocycles. The molecule has 1 heterocycles. The van der Waals surface area contributed by atoms with Crippen molar-refractivity contribution in [2.75, 3.05) is 33.2 Å². The average Bonchev–Trinajstić information content (AvgIpc) is 2.61. The standard InChI is InChI=1S/C10H20N2O2/c1-3-12-5-4-8(7-12)9(6-11-2)10(13)14/h8-9,11H,3-7H2,1-2H3,(H,13,14). The van der Waals surface area contributed by atoms with Gasteiger partial charge < -0.3 is 15.3 Å². The molecule has 2 unspecified atom stereocenters. The third-order valence-electron chi connectivity index (χ3n) is 3.07. The maximum atomic E-state index is 11.0. The van der Waals surface area contributed by atoms with Crippen LogP contribution in [0.2, 0.25) is 0 Å². The number of hydrogen-bond donors (Lipinski definition) is 2. The van der Waals surface area contributed by atoms with E-state index in [1.807, 2.05) is 7.05 Å². The molecule has 2 N–H and O–H groups in total. The van der Waals surface area contributed by atoms with Crippen LogP contribution in [0.4, 0.5) is 0 Å². The van der Waals surface area contributed by atoms with Crippen LogP contribution >= 0.6 is 0 Å². The summed E-state index contributed by atoms with van der Waals surface area (Å²) in [5.74, 6) is -0.571. The summed E-state index contributed by atoms with van der Waals surface area (Å²) in [7, 11) is 1.81. The summed E-state index contributed by atoms with van der Waals surface area (Å²) in [5, 5.41) is 12.0. The lowest BCUT2D eigenvalue weighted by Crippen LogP contribution is -2.34. The topological polar surface area (TPSA) is 52.6 Å². The van der Waals surface area contributed by atoms with Gasteiger partial charge in [-0.3, -0.25) is 4.79 Å². The molecule has 0 bridgehead atoms. The van der Waals surface area contributed by atoms with Crippen molar-refractivity contribution in [2.45, 2.75) is 13.3 Å². The highest BCUT2D eigenvalue weighted by Gasteiger charge is 2.32. The normalized spacial score (nSPS) is 25.1. The van der Waals surface area contributed by atoms with Crippen LogP contribution in [0.15, 0.2) is 0 Å². The van der Waals surface area contributed by atoms with Crippen LogP contribution in [0.25, 0.3) is 0 Å². The summed E-state index contributed by atoms with van der Waals surface area (Å²) in [6.07, 6.45) is 1.02. The molecular formula is C10H20N2O2. The second-order valence-corrected chi connectivity index (χ2v) is 3.94. The van der Waals surface area contributed by atoms with Gasteiger partial charge in [0.15, 0.2) is 0 Å². The zero-order valence-corrected chi connectivity index (χ0v) is 8.99. The highest BCUT2D eigenvalue weighted by atomic mass is 16.4. The number of likely N-dealkylation sites (tertiary alicyclic amines) is 1. The number of carboxylic acids is 1. The highest BCUT2D eigenvalue weighted by Crippen LogP contribution is 2.23. The quantitative estimate of drug-likeness (QED) is 0.668. The second-order valence-electron chi connectivity index (χ2n) is 3.94. The number of aliphatic carboxylic acids is 1. The number of carbonyl (C=O) groups is 1. The Balaban J connectivity index is 2.48. The summed E-state index contributed by atoms with van der Waals surface area (Å²) in [4.78, 5) is 13.3. The molecule has 1 rings (SSSR count). The van der Waals surface area contributed by atoms with Crippen LogP contribution in [0, 0.1) is 11.8 Å². The predicted molar refractivity (Wildman–Crippen MR) is 55.3 cm³/mol. The fraction of sp³-hybridized carbons (Fsp3) is 0.900. The molecule has 1 aliphatic rings. The Labute approximate surface area is 85.3 Å². The van der Waals surface area contributed by atoms with Gasteiger partial charge in [-0.05, 0) is 32.5 Å². The van der Waals surface area contributed by atoms with E-state index in [4.69, 9.17) is 5.11 Å². The fourth-order valence-corrected chi connectivity index (χ4v) is 2.15. The Morgan fingerprint density at radius 3 is 2.86 bits per heavy atom. The van der Waals surface area contributed by atoms with E-state index in [0.717, 1.165) is 26.1 Å². The van der Waals surface area contributed by atoms with E-state index < -0.39 is 5.97 Å². The molecule has 1 aliphatic heterocycles. The molecule has 14 heavy (non-hydrogen) atoms. The van der Waals surface area contributed by atoms with Gasteiger partial charge in [0.1, 0.15) is 0 Å². The Hall–Kier alpha value is -0.610. The van der Waals surface area contributed by atoms with Gasteiger partial charge >= 0.3 is 5.97 Å². The molecule has 2 atom stereocenters. The first-order chi connectivity index (χ1) is 6.69. The van der Waals surface area contributed by atoms with Crippen molar-refractivity contribution in [2.24, 2.45) is 11.8 Å². The average molecular weight is 200 g/mol. The largest absolute Gasteiger partial charge is 0.481 e. The van der Waals surface area contributed by atoms with Gasteiger partial charge in [-0.1, -0.05) is 6.92 Å². The summed E-state index contributed by atoms with van der Waals surface area (Å²) in [5.41, 5.74) is 0. The van der Waals surface area contributed by atoms with Gasteiger partial charge in [0.05, 0.1) is 5.92 Å². The molecule has 1 fully saturated rings. The van der Waals surface area contributed by atoms with Gasteiger partial charge in [0, 0.05) is 13.1 Å². The molecule has 82 valence electrons. The van der Waals surface area contributed by atoms with Gasteiger partial charge in [-0.25, -0.2) is 0 Å². The molecule has 0 radical (unpaired) electrons. The molecule has 0 amide bonds. The van der Waals surface area contributed by atoms with Crippen molar-refractivity contribution >= 4 is 5.97 Å². The maximum Gasteiger partial charge on any atom is 0.308 e. The van der Waals surface area contributed by atoms with Gasteiger partial charge in [-0.2, -0.15) is 0 Å². The first-order valence-corrected chi connectivity index (χ1v) is 5.28. The van der Waals surface area contributed by atoms with Crippen LogP contribution in [-0.2, 0) is 4.79 Å². The fourth-order valence-electron chi connectivity index (χ4n) is 2.15. The van der Waals surface area contributed by atoms with Crippen molar-refractivity contribution < 1.29 is 9.90 Å². The van der Waals surface area contributed by atoms with Gasteiger partial charge in [-0.15, -0.1) is 0 Å². The molecule has 0 saturated carbocycles. The molecule has 0 aromatic carbocycles. The number of nitrogens with zero attached hydrogens (tertiary/aromatic N) is 1. The molecule has 0 aromatic rings. The Bertz CT molecular complexity index is 197. The zero-order chi connectivity index (χ0) is 10.6. The van der Waals surface area contributed by atoms with E-state index in [-0.39, 0.29) is 5.92 Å². The van der Waals surface area contributed by atoms with E-state index in [0.29, 0.717) is 12.5 Å². The molecule has 0 spiro atoms. The van der Waals surface area contributed by atoms with Crippen molar-refractivity contribution in [1.82, 2.24) is 10.2 Å². The van der Waals surface area contributed by atoms with E-state index in [1.54, 1.807) is 0 Å². The number of hydrogen-bond acceptors (Lipinski definition) is 3. The smallest absolute Gasteiger partial charge is 0.308 e. The van der Waals surface area contributed by atoms with Crippen LogP contribution in [0.1, 0.15) is 13.3 Å². The SMILES string of the molecule is CCN1CCC(C(CNC)C(=O)O)C1. The minimum Gasteiger partial charge on any atom is -0.481 e. The summed E-state index contributed by atoms with van der Waals surface area (Å²) in [6.45, 7) is 5.72. The van der Waals surface area contributed by atoms with E-state index in [9.17, 15) is 4.79 Å². The minimum absolute atomic E-state index is 0.225. The van der Waals surface area contributed by atoms with Crippen molar-refractivity contribution in [3.8, 4) is 0 Å². The van der Waals surface area contributed by atoms with Gasteiger partial charge in [0.25, 0.3) is 0 Å². The van der Waals surface area contributed by atoms with Crippen molar-refractivity contribution in [3.05, 3.63) is 0 Å². The number of nitrogens with one attached hydrogen (secondary N) is 1. The number of carboxylic acid groups (broad SMARTS) is 1. The lowest BCUT2D eigenvalue weighted by atomic mass is 9.91. The van der Waals surface area contributed by atoms with E-state index >= 15 is 0 Å². The van der Waals surface area contributed by atoms with Gasteiger partial charge in [0.2, 0.25) is 0 Å². The van der Waals surface area contributed by atoms with Crippen LogP contribution in [0.5, 0.6) is 0 Å². The minimum atomic E-state index is -0.665. The summed E-state index contributed by atoms with van der Waals surface area (Å²) < 4.78 is 0. The van der Waals surface area contributed by atoms with Crippen LogP contribution < -0.4 is 5.32 Å². The van der Waals surface area contributed by atoms with E-state index in [1.165, 1.54) is 0 Å². The Morgan fingerprint density at radius 1 is 1.71 bits per heavy atom. The summed E-state index contributed by atoms with van der Waals surface area (Å²) in [6, 6.07) is 0. The van der Waals surface area contributed by atoms with E-state index in [2.05, 4.69) is 17.1 Å². The third kappa shape index (κ3) is 2.69. The van der Waals surface area contributed by atoms with Crippen molar-refractivity contribution in [3.63, 3.8) is 0 Å². The lowest BCUT2D eigenvalue weighted by Gasteiger charge is -2.19. The third-order valence-corrected chi connectivity index (χ3v) is 3.07. The molecule has 0 aromatic heterocycles. The first-order valence-electron chi connectivity index (χ1n) is 5.28. The Morgan fingerprint density at radius 2 is 2.43 bits per heavy atom. The predicted octanol–water partition coefficient (Wildman–Crippen LogP) is 0.248. The highest BCUT2D eigenvalue weighted by molar-refractivity contribution is 5.70. The molecule has 4 nitrogen and oxygen atoms in total. The first kappa shape index (κ1) is 11.5. The second kappa shape index (κ2) is 5.32. The zero-order valence-electron chi connectivity index (χ0n) is 8.99. The molecule has 4 heteroatoms. The van der Waals surface area contributed by atoms with Crippen LogP contribution in [0.3, 0.4) is 0 Å². The monoisotopic (exact) mass is 200 g/mol. The lowest BCUT2D eigenvalue weighted by molar-refractivity contribution is -0.143. The number of rotatable bonds is 5. The molecular weight excluding hydrogens is 180 g/mol. The summed E-state index contributed by atoms with van der Waals surface area (Å²) >= 11 is 0. The van der Waals surface area contributed by atoms with Crippen LogP contribution in [-0.4, -0.2) is 49.2 Å². The molecule has 0 aliphatic carbocycles.